The van der Waals surface area contributed by atoms with Crippen LogP contribution in [0.25, 0.3) is 10.8 Å². The molecular weight excluding hydrogens is 278 g/mol. The van der Waals surface area contributed by atoms with Gasteiger partial charge in [-0.05, 0) is 35.7 Å². The van der Waals surface area contributed by atoms with Crippen molar-refractivity contribution in [3.63, 3.8) is 0 Å². The summed E-state index contributed by atoms with van der Waals surface area (Å²) in [6.07, 6.45) is 2.58. The Morgan fingerprint density at radius 3 is 2.77 bits per heavy atom. The topological polar surface area (TPSA) is 58.6 Å². The van der Waals surface area contributed by atoms with E-state index in [1.54, 1.807) is 0 Å². The molecule has 116 valence electrons. The molecule has 1 aliphatic carbocycles. The van der Waals surface area contributed by atoms with Crippen LogP contribution in [0.2, 0.25) is 0 Å². The smallest absolute Gasteiger partial charge is 0.257 e. The zero-order chi connectivity index (χ0) is 15.4. The standard InChI is InChI=1S/C18H21NO3/c20-17-7-3-6-15(17)11-19-18(21)12-22-16-9-8-13-4-1-2-5-14(13)10-16/h1-2,4-5,8-10,15,17,20H,3,6-7,11-12H2,(H,19,21). The van der Waals surface area contributed by atoms with E-state index in [9.17, 15) is 9.90 Å². The summed E-state index contributed by atoms with van der Waals surface area (Å²) in [4.78, 5) is 11.8. The van der Waals surface area contributed by atoms with Crippen LogP contribution in [0.1, 0.15) is 19.3 Å². The largest absolute Gasteiger partial charge is 0.484 e. The van der Waals surface area contributed by atoms with E-state index in [4.69, 9.17) is 4.74 Å². The average Bonchev–Trinajstić information content (AvgIpc) is 2.96. The van der Waals surface area contributed by atoms with E-state index in [-0.39, 0.29) is 24.5 Å². The van der Waals surface area contributed by atoms with Gasteiger partial charge in [-0.2, -0.15) is 0 Å². The Bertz CT molecular complexity index is 656. The Kier molecular flexibility index (Phi) is 4.59. The van der Waals surface area contributed by atoms with Gasteiger partial charge in [0.2, 0.25) is 0 Å². The number of aliphatic hydroxyl groups is 1. The maximum absolute atomic E-state index is 11.8. The number of hydrogen-bond donors (Lipinski definition) is 2. The summed E-state index contributed by atoms with van der Waals surface area (Å²) in [6, 6.07) is 13.8. The first-order valence-corrected chi connectivity index (χ1v) is 7.79. The lowest BCUT2D eigenvalue weighted by molar-refractivity contribution is -0.123. The van der Waals surface area contributed by atoms with Gasteiger partial charge in [0, 0.05) is 12.5 Å². The number of carbonyl (C=O) groups is 1. The van der Waals surface area contributed by atoms with Gasteiger partial charge >= 0.3 is 0 Å². The fourth-order valence-electron chi connectivity index (χ4n) is 2.96. The highest BCUT2D eigenvalue weighted by molar-refractivity contribution is 5.84. The number of amides is 1. The fourth-order valence-corrected chi connectivity index (χ4v) is 2.96. The van der Waals surface area contributed by atoms with Gasteiger partial charge < -0.3 is 15.2 Å². The van der Waals surface area contributed by atoms with E-state index in [1.807, 2.05) is 42.5 Å². The maximum atomic E-state index is 11.8. The molecule has 1 amide bonds. The minimum Gasteiger partial charge on any atom is -0.484 e. The van der Waals surface area contributed by atoms with E-state index < -0.39 is 0 Å². The lowest BCUT2D eigenvalue weighted by Crippen LogP contribution is -2.35. The monoisotopic (exact) mass is 299 g/mol. The van der Waals surface area contributed by atoms with Crippen molar-refractivity contribution in [2.45, 2.75) is 25.4 Å². The second kappa shape index (κ2) is 6.79. The van der Waals surface area contributed by atoms with Gasteiger partial charge in [0.05, 0.1) is 6.10 Å². The molecule has 0 radical (unpaired) electrons. The van der Waals surface area contributed by atoms with Crippen molar-refractivity contribution in [1.82, 2.24) is 5.32 Å². The fraction of sp³-hybridized carbons (Fsp3) is 0.389. The predicted molar refractivity (Wildman–Crippen MR) is 85.8 cm³/mol. The van der Waals surface area contributed by atoms with E-state index >= 15 is 0 Å². The molecule has 0 aromatic heterocycles. The first-order valence-electron chi connectivity index (χ1n) is 7.79. The molecule has 4 heteroatoms. The summed E-state index contributed by atoms with van der Waals surface area (Å²) in [5.41, 5.74) is 0. The van der Waals surface area contributed by atoms with Crippen LogP contribution in [0.5, 0.6) is 5.75 Å². The number of carbonyl (C=O) groups excluding carboxylic acids is 1. The number of benzene rings is 2. The molecule has 2 atom stereocenters. The summed E-state index contributed by atoms with van der Waals surface area (Å²) in [7, 11) is 0. The van der Waals surface area contributed by atoms with Crippen molar-refractivity contribution in [1.29, 1.82) is 0 Å². The maximum Gasteiger partial charge on any atom is 0.257 e. The molecular formula is C18H21NO3. The van der Waals surface area contributed by atoms with Gasteiger partial charge in [-0.1, -0.05) is 36.8 Å². The molecule has 0 spiro atoms. The van der Waals surface area contributed by atoms with Crippen molar-refractivity contribution < 1.29 is 14.6 Å². The number of rotatable bonds is 5. The highest BCUT2D eigenvalue weighted by Crippen LogP contribution is 2.24. The second-order valence-electron chi connectivity index (χ2n) is 5.86. The molecule has 0 aliphatic heterocycles. The number of nitrogens with one attached hydrogen (secondary N) is 1. The molecule has 2 N–H and O–H groups in total. The Morgan fingerprint density at radius 1 is 1.18 bits per heavy atom. The van der Waals surface area contributed by atoms with Gasteiger partial charge in [-0.15, -0.1) is 0 Å². The van der Waals surface area contributed by atoms with Gasteiger partial charge in [0.15, 0.2) is 6.61 Å². The Labute approximate surface area is 130 Å². The van der Waals surface area contributed by atoms with Crippen LogP contribution < -0.4 is 10.1 Å². The second-order valence-corrected chi connectivity index (χ2v) is 5.86. The molecule has 2 unspecified atom stereocenters. The minimum atomic E-state index is -0.276. The number of ether oxygens (including phenoxy) is 1. The third-order valence-corrected chi connectivity index (χ3v) is 4.27. The molecule has 1 saturated carbocycles. The van der Waals surface area contributed by atoms with Crippen molar-refractivity contribution in [3.05, 3.63) is 42.5 Å². The van der Waals surface area contributed by atoms with Crippen LogP contribution in [0.3, 0.4) is 0 Å². The van der Waals surface area contributed by atoms with E-state index in [0.29, 0.717) is 12.3 Å². The summed E-state index contributed by atoms with van der Waals surface area (Å²) >= 11 is 0. The van der Waals surface area contributed by atoms with E-state index in [1.165, 1.54) is 0 Å². The number of hydrogen-bond acceptors (Lipinski definition) is 3. The summed E-state index contributed by atoms with van der Waals surface area (Å²) in [5, 5.41) is 14.8. The van der Waals surface area contributed by atoms with Crippen LogP contribution >= 0.6 is 0 Å². The van der Waals surface area contributed by atoms with Crippen LogP contribution in [-0.2, 0) is 4.79 Å². The molecule has 2 aromatic carbocycles. The molecule has 0 saturated heterocycles. The Morgan fingerprint density at radius 2 is 2.00 bits per heavy atom. The van der Waals surface area contributed by atoms with E-state index in [2.05, 4.69) is 5.32 Å². The molecule has 1 aliphatic rings. The first kappa shape index (κ1) is 14.9. The van der Waals surface area contributed by atoms with Gasteiger partial charge in [0.25, 0.3) is 5.91 Å². The average molecular weight is 299 g/mol. The predicted octanol–water partition coefficient (Wildman–Crippen LogP) is 2.50. The lowest BCUT2D eigenvalue weighted by Gasteiger charge is -2.15. The molecule has 2 aromatic rings. The summed E-state index contributed by atoms with van der Waals surface area (Å²) < 4.78 is 5.54. The third kappa shape index (κ3) is 3.57. The lowest BCUT2D eigenvalue weighted by atomic mass is 10.1. The molecule has 0 bridgehead atoms. The normalized spacial score (nSPS) is 21.0. The van der Waals surface area contributed by atoms with Crippen molar-refractivity contribution in [2.75, 3.05) is 13.2 Å². The molecule has 4 nitrogen and oxygen atoms in total. The highest BCUT2D eigenvalue weighted by Gasteiger charge is 2.25. The Hall–Kier alpha value is -2.07. The van der Waals surface area contributed by atoms with Gasteiger partial charge in [-0.3, -0.25) is 4.79 Å². The van der Waals surface area contributed by atoms with E-state index in [0.717, 1.165) is 30.0 Å². The first-order chi connectivity index (χ1) is 10.7. The third-order valence-electron chi connectivity index (χ3n) is 4.27. The SMILES string of the molecule is O=C(COc1ccc2ccccc2c1)NCC1CCCC1O. The zero-order valence-corrected chi connectivity index (χ0v) is 12.5. The van der Waals surface area contributed by atoms with Crippen LogP contribution in [0.15, 0.2) is 42.5 Å². The summed E-state index contributed by atoms with van der Waals surface area (Å²) in [6.45, 7) is 0.530. The molecule has 3 rings (SSSR count). The van der Waals surface area contributed by atoms with Crippen molar-refractivity contribution in [3.8, 4) is 5.75 Å². The van der Waals surface area contributed by atoms with Crippen molar-refractivity contribution in [2.24, 2.45) is 5.92 Å². The highest BCUT2D eigenvalue weighted by atomic mass is 16.5. The zero-order valence-electron chi connectivity index (χ0n) is 12.5. The number of fused-ring (bicyclic) bond motifs is 1. The van der Waals surface area contributed by atoms with Crippen LogP contribution in [-0.4, -0.2) is 30.3 Å². The van der Waals surface area contributed by atoms with Gasteiger partial charge in [0.1, 0.15) is 5.75 Å². The van der Waals surface area contributed by atoms with Crippen LogP contribution in [0, 0.1) is 5.92 Å². The molecule has 1 fully saturated rings. The van der Waals surface area contributed by atoms with Gasteiger partial charge in [-0.25, -0.2) is 0 Å². The number of aliphatic hydroxyl groups excluding tert-OH is 1. The summed E-state index contributed by atoms with van der Waals surface area (Å²) in [5.74, 6) is 0.728. The van der Waals surface area contributed by atoms with Crippen molar-refractivity contribution >= 4 is 16.7 Å². The Balaban J connectivity index is 1.49. The minimum absolute atomic E-state index is 0.00115. The quantitative estimate of drug-likeness (QED) is 0.892. The molecule has 0 heterocycles. The molecule has 22 heavy (non-hydrogen) atoms. The van der Waals surface area contributed by atoms with Crippen LogP contribution in [0.4, 0.5) is 0 Å².